The van der Waals surface area contributed by atoms with Crippen molar-refractivity contribution in [2.45, 2.75) is 44.4 Å². The predicted octanol–water partition coefficient (Wildman–Crippen LogP) is 4.93. The molecule has 0 saturated carbocycles. The van der Waals surface area contributed by atoms with Crippen LogP contribution in [0.25, 0.3) is 0 Å². The lowest BCUT2D eigenvalue weighted by Crippen LogP contribution is -2.34. The first-order chi connectivity index (χ1) is 15.2. The number of hydrogen-bond acceptors (Lipinski definition) is 4. The van der Waals surface area contributed by atoms with Crippen molar-refractivity contribution < 1.29 is 14.6 Å². The van der Waals surface area contributed by atoms with E-state index in [4.69, 9.17) is 4.74 Å². The molecule has 2 aliphatic heterocycles. The summed E-state index contributed by atoms with van der Waals surface area (Å²) in [4.78, 5) is 13.5. The number of ether oxygens (including phenoxy) is 1. The zero-order valence-corrected chi connectivity index (χ0v) is 18.2. The second-order valence-corrected chi connectivity index (χ2v) is 9.57. The minimum absolute atomic E-state index is 0.228. The first-order valence-electron chi connectivity index (χ1n) is 11.9. The first-order valence-corrected chi connectivity index (χ1v) is 11.9. The largest absolute Gasteiger partial charge is 0.508 e. The number of phenolic OH excluding ortho intramolecular Hbond substituents is 1. The van der Waals surface area contributed by atoms with Gasteiger partial charge in [-0.15, -0.1) is 0 Å². The molecular weight excluding hydrogens is 386 g/mol. The molecule has 2 aromatic rings. The number of piperidine rings is 1. The summed E-state index contributed by atoms with van der Waals surface area (Å²) in [5.74, 6) is 2.29. The number of hydrogen-bond donors (Lipinski definition) is 1. The van der Waals surface area contributed by atoms with E-state index in [1.807, 2.05) is 12.1 Å². The van der Waals surface area contributed by atoms with Crippen molar-refractivity contribution in [1.29, 1.82) is 0 Å². The number of aromatic hydroxyl groups is 1. The molecule has 0 amide bonds. The number of benzene rings is 2. The molecule has 1 aliphatic carbocycles. The lowest BCUT2D eigenvalue weighted by atomic mass is 9.65. The number of carbonyl (C=O) groups is 1. The molecule has 2 aromatic carbocycles. The summed E-state index contributed by atoms with van der Waals surface area (Å²) in [6.07, 6.45) is 7.55. The molecule has 2 heterocycles. The first kappa shape index (κ1) is 20.6. The molecule has 0 aromatic heterocycles. The fourth-order valence-electron chi connectivity index (χ4n) is 6.10. The van der Waals surface area contributed by atoms with E-state index in [2.05, 4.69) is 35.2 Å². The minimum atomic E-state index is 0.228. The van der Waals surface area contributed by atoms with Crippen LogP contribution in [-0.2, 0) is 16.0 Å². The van der Waals surface area contributed by atoms with Crippen molar-refractivity contribution in [2.75, 3.05) is 31.2 Å². The van der Waals surface area contributed by atoms with Crippen molar-refractivity contribution in [2.24, 2.45) is 17.8 Å². The quantitative estimate of drug-likeness (QED) is 0.714. The van der Waals surface area contributed by atoms with Gasteiger partial charge in [0.25, 0.3) is 0 Å². The van der Waals surface area contributed by atoms with Crippen molar-refractivity contribution in [3.8, 4) is 5.75 Å². The molecule has 2 atom stereocenters. The summed E-state index contributed by atoms with van der Waals surface area (Å²) in [6, 6.07) is 15.1. The number of aldehydes is 1. The Balaban J connectivity index is 1.43. The van der Waals surface area contributed by atoms with E-state index in [9.17, 15) is 9.90 Å². The number of fused-ring (bicyclic) bond motifs is 1. The second-order valence-electron chi connectivity index (χ2n) is 9.57. The number of rotatable bonds is 4. The number of carbonyl (C=O) groups excluding carboxylic acids is 1. The number of anilines is 1. The topological polar surface area (TPSA) is 49.8 Å². The van der Waals surface area contributed by atoms with E-state index in [1.54, 1.807) is 0 Å². The van der Waals surface area contributed by atoms with Crippen LogP contribution < -0.4 is 4.90 Å². The Morgan fingerprint density at radius 1 is 0.935 bits per heavy atom. The van der Waals surface area contributed by atoms with Gasteiger partial charge in [-0.1, -0.05) is 18.2 Å². The van der Waals surface area contributed by atoms with E-state index in [0.29, 0.717) is 23.5 Å². The molecule has 31 heavy (non-hydrogen) atoms. The summed E-state index contributed by atoms with van der Waals surface area (Å²) in [7, 11) is 0. The zero-order chi connectivity index (χ0) is 21.2. The van der Waals surface area contributed by atoms with Gasteiger partial charge in [0.1, 0.15) is 12.0 Å². The summed E-state index contributed by atoms with van der Waals surface area (Å²) in [5.41, 5.74) is 5.33. The molecule has 5 rings (SSSR count). The highest BCUT2D eigenvalue weighted by Crippen LogP contribution is 2.47. The van der Waals surface area contributed by atoms with Gasteiger partial charge in [-0.05, 0) is 91.3 Å². The number of aryl methyl sites for hydroxylation is 1. The van der Waals surface area contributed by atoms with E-state index in [0.717, 1.165) is 64.7 Å². The normalized spacial score (nSPS) is 25.2. The lowest BCUT2D eigenvalue weighted by molar-refractivity contribution is -0.111. The van der Waals surface area contributed by atoms with Gasteiger partial charge in [0.15, 0.2) is 0 Å². The van der Waals surface area contributed by atoms with Crippen LogP contribution in [0.2, 0.25) is 0 Å². The molecule has 4 heteroatoms. The van der Waals surface area contributed by atoms with Gasteiger partial charge >= 0.3 is 0 Å². The summed E-state index contributed by atoms with van der Waals surface area (Å²) >= 11 is 0. The highest BCUT2D eigenvalue weighted by molar-refractivity contribution is 5.56. The minimum Gasteiger partial charge on any atom is -0.508 e. The van der Waals surface area contributed by atoms with Crippen LogP contribution in [-0.4, -0.2) is 37.7 Å². The standard InChI is InChI=1S/C27H33NO3/c29-18-19-9-13-28(14-10-19)23-4-1-21(2-5-23)27-25(20-11-15-31-16-12-20)7-3-22-17-24(30)6-8-26(22)27/h1-2,4-6,8,17-20,25,27,30H,3,7,9-16H2/t25-,27?/m1/s1. The number of nitrogens with zero attached hydrogens (tertiary/aromatic N) is 1. The Bertz CT molecular complexity index is 895. The van der Waals surface area contributed by atoms with E-state index < -0.39 is 0 Å². The fraction of sp³-hybridized carbons (Fsp3) is 0.519. The molecular formula is C27H33NO3. The van der Waals surface area contributed by atoms with Gasteiger partial charge in [-0.2, -0.15) is 0 Å². The maximum Gasteiger partial charge on any atom is 0.123 e. The Hall–Kier alpha value is -2.33. The molecule has 3 aliphatic rings. The van der Waals surface area contributed by atoms with Crippen molar-refractivity contribution in [3.63, 3.8) is 0 Å². The molecule has 4 nitrogen and oxygen atoms in total. The SMILES string of the molecule is O=CC1CCN(c2ccc(C3c4ccc(O)cc4CC[C@@H]3C3CCOCC3)cc2)CC1. The van der Waals surface area contributed by atoms with Crippen LogP contribution in [0.5, 0.6) is 5.75 Å². The maximum atomic E-state index is 11.1. The Morgan fingerprint density at radius 2 is 1.68 bits per heavy atom. The third kappa shape index (κ3) is 4.23. The van der Waals surface area contributed by atoms with Gasteiger partial charge in [-0.3, -0.25) is 0 Å². The van der Waals surface area contributed by atoms with E-state index in [1.165, 1.54) is 28.8 Å². The zero-order valence-electron chi connectivity index (χ0n) is 18.2. The van der Waals surface area contributed by atoms with E-state index in [-0.39, 0.29) is 5.92 Å². The molecule has 0 radical (unpaired) electrons. The third-order valence-electron chi connectivity index (χ3n) is 7.86. The lowest BCUT2D eigenvalue weighted by Gasteiger charge is -2.40. The summed E-state index contributed by atoms with van der Waals surface area (Å²) < 4.78 is 5.65. The van der Waals surface area contributed by atoms with Crippen molar-refractivity contribution >= 4 is 12.0 Å². The molecule has 164 valence electrons. The van der Waals surface area contributed by atoms with Gasteiger partial charge in [0.05, 0.1) is 0 Å². The van der Waals surface area contributed by atoms with Crippen LogP contribution in [0.4, 0.5) is 5.69 Å². The smallest absolute Gasteiger partial charge is 0.123 e. The van der Waals surface area contributed by atoms with Crippen LogP contribution in [0.15, 0.2) is 42.5 Å². The van der Waals surface area contributed by atoms with Gasteiger partial charge in [0.2, 0.25) is 0 Å². The van der Waals surface area contributed by atoms with Crippen LogP contribution in [0, 0.1) is 17.8 Å². The highest BCUT2D eigenvalue weighted by Gasteiger charge is 2.36. The maximum absolute atomic E-state index is 11.1. The third-order valence-corrected chi connectivity index (χ3v) is 7.86. The molecule has 1 unspecified atom stereocenters. The van der Waals surface area contributed by atoms with Gasteiger partial charge < -0.3 is 19.5 Å². The average molecular weight is 420 g/mol. The van der Waals surface area contributed by atoms with Gasteiger partial charge in [-0.25, -0.2) is 0 Å². The Morgan fingerprint density at radius 3 is 2.39 bits per heavy atom. The molecule has 0 spiro atoms. The van der Waals surface area contributed by atoms with E-state index >= 15 is 0 Å². The van der Waals surface area contributed by atoms with Crippen molar-refractivity contribution in [3.05, 3.63) is 59.2 Å². The number of phenols is 1. The highest BCUT2D eigenvalue weighted by atomic mass is 16.5. The molecule has 0 bridgehead atoms. The fourth-order valence-corrected chi connectivity index (χ4v) is 6.10. The van der Waals surface area contributed by atoms with Gasteiger partial charge in [0, 0.05) is 43.8 Å². The average Bonchev–Trinajstić information content (AvgIpc) is 2.84. The van der Waals surface area contributed by atoms with Crippen LogP contribution in [0.1, 0.15) is 54.7 Å². The summed E-state index contributed by atoms with van der Waals surface area (Å²) in [5, 5.41) is 10.0. The summed E-state index contributed by atoms with van der Waals surface area (Å²) in [6.45, 7) is 3.68. The second kappa shape index (κ2) is 9.04. The monoisotopic (exact) mass is 419 g/mol. The molecule has 2 fully saturated rings. The molecule has 2 saturated heterocycles. The Kier molecular flexibility index (Phi) is 5.99. The predicted molar refractivity (Wildman–Crippen MR) is 123 cm³/mol. The van der Waals surface area contributed by atoms with Crippen molar-refractivity contribution in [1.82, 2.24) is 0 Å². The van der Waals surface area contributed by atoms with Crippen LogP contribution in [0.3, 0.4) is 0 Å². The Labute approximate surface area is 185 Å². The molecule has 1 N–H and O–H groups in total. The van der Waals surface area contributed by atoms with Crippen LogP contribution >= 0.6 is 0 Å².